The molecule has 6 heteroatoms. The number of hydrogen-bond donors (Lipinski definition) is 2. The van der Waals surface area contributed by atoms with E-state index in [2.05, 4.69) is 11.9 Å². The van der Waals surface area contributed by atoms with Crippen molar-refractivity contribution in [3.8, 4) is 0 Å². The van der Waals surface area contributed by atoms with Gasteiger partial charge in [-0.15, -0.1) is 0 Å². The van der Waals surface area contributed by atoms with Crippen LogP contribution in [0.1, 0.15) is 12.8 Å². The van der Waals surface area contributed by atoms with Crippen molar-refractivity contribution >= 4 is 5.91 Å². The zero-order chi connectivity index (χ0) is 14.2. The van der Waals surface area contributed by atoms with E-state index in [4.69, 9.17) is 19.9 Å². The van der Waals surface area contributed by atoms with E-state index in [1.165, 1.54) is 6.08 Å². The van der Waals surface area contributed by atoms with Crippen molar-refractivity contribution in [2.24, 2.45) is 5.73 Å². The van der Waals surface area contributed by atoms with Gasteiger partial charge in [-0.3, -0.25) is 4.79 Å². The second kappa shape index (κ2) is 15.1. The monoisotopic (exact) mass is 274 g/mol. The molecule has 0 unspecified atom stereocenters. The van der Waals surface area contributed by atoms with Crippen LogP contribution in [0.5, 0.6) is 0 Å². The van der Waals surface area contributed by atoms with E-state index in [1.54, 1.807) is 0 Å². The molecule has 0 aliphatic heterocycles. The summed E-state index contributed by atoms with van der Waals surface area (Å²) in [6.07, 6.45) is 2.91. The van der Waals surface area contributed by atoms with Gasteiger partial charge in [0.1, 0.15) is 0 Å². The van der Waals surface area contributed by atoms with Gasteiger partial charge in [0, 0.05) is 19.8 Å². The van der Waals surface area contributed by atoms with Gasteiger partial charge in [0.05, 0.1) is 26.4 Å². The van der Waals surface area contributed by atoms with E-state index < -0.39 is 0 Å². The highest BCUT2D eigenvalue weighted by Crippen LogP contribution is 1.85. The maximum atomic E-state index is 10.8. The predicted octanol–water partition coefficient (Wildman–Crippen LogP) is 0.0773. The molecule has 0 bridgehead atoms. The Morgan fingerprint density at radius 1 is 1.00 bits per heavy atom. The van der Waals surface area contributed by atoms with E-state index in [1.807, 2.05) is 0 Å². The minimum atomic E-state index is -0.155. The lowest BCUT2D eigenvalue weighted by Crippen LogP contribution is -2.23. The first kappa shape index (κ1) is 18.0. The fourth-order valence-electron chi connectivity index (χ4n) is 1.19. The highest BCUT2D eigenvalue weighted by molar-refractivity contribution is 5.86. The third-order valence-corrected chi connectivity index (χ3v) is 2.19. The van der Waals surface area contributed by atoms with Crippen LogP contribution >= 0.6 is 0 Å². The Morgan fingerprint density at radius 3 is 2.05 bits per heavy atom. The Bertz CT molecular complexity index is 225. The lowest BCUT2D eigenvalue weighted by molar-refractivity contribution is -0.116. The Labute approximate surface area is 115 Å². The van der Waals surface area contributed by atoms with E-state index in [0.717, 1.165) is 12.8 Å². The molecule has 0 aromatic carbocycles. The molecule has 0 radical (unpaired) electrons. The van der Waals surface area contributed by atoms with Gasteiger partial charge in [0.2, 0.25) is 5.91 Å². The third kappa shape index (κ3) is 15.0. The van der Waals surface area contributed by atoms with Crippen molar-refractivity contribution in [1.82, 2.24) is 5.32 Å². The molecule has 6 nitrogen and oxygen atoms in total. The zero-order valence-electron chi connectivity index (χ0n) is 11.6. The summed E-state index contributed by atoms with van der Waals surface area (Å²) in [5.41, 5.74) is 5.33. The first-order valence-corrected chi connectivity index (χ1v) is 6.64. The lowest BCUT2D eigenvalue weighted by atomic mass is 10.4. The van der Waals surface area contributed by atoms with Crippen molar-refractivity contribution in [2.75, 3.05) is 52.7 Å². The summed E-state index contributed by atoms with van der Waals surface area (Å²) >= 11 is 0. The van der Waals surface area contributed by atoms with Gasteiger partial charge in [-0.05, 0) is 25.5 Å². The molecular weight excluding hydrogens is 248 g/mol. The number of ether oxygens (including phenoxy) is 3. The number of carbonyl (C=O) groups is 1. The van der Waals surface area contributed by atoms with Gasteiger partial charge in [0.25, 0.3) is 0 Å². The Hall–Kier alpha value is -0.950. The zero-order valence-corrected chi connectivity index (χ0v) is 11.6. The van der Waals surface area contributed by atoms with Crippen LogP contribution in [-0.4, -0.2) is 58.6 Å². The third-order valence-electron chi connectivity index (χ3n) is 2.19. The fraction of sp³-hybridized carbons (Fsp3) is 0.769. The maximum Gasteiger partial charge on any atom is 0.243 e. The molecule has 1 amide bonds. The molecule has 3 N–H and O–H groups in total. The molecular formula is C13H26N2O4. The van der Waals surface area contributed by atoms with Crippen LogP contribution in [0.3, 0.4) is 0 Å². The van der Waals surface area contributed by atoms with Crippen molar-refractivity contribution in [3.63, 3.8) is 0 Å². The van der Waals surface area contributed by atoms with Crippen molar-refractivity contribution < 1.29 is 19.0 Å². The minimum Gasteiger partial charge on any atom is -0.379 e. The Balaban J connectivity index is 2.99. The van der Waals surface area contributed by atoms with Gasteiger partial charge >= 0.3 is 0 Å². The van der Waals surface area contributed by atoms with Crippen LogP contribution in [-0.2, 0) is 19.0 Å². The molecule has 0 fully saturated rings. The standard InChI is InChI=1S/C13H26N2O4/c1-2-13(16)15-6-4-8-18-10-12-19-11-9-17-7-3-5-14/h2H,1,3-12,14H2,(H,15,16). The normalized spacial score (nSPS) is 10.4. The first-order chi connectivity index (χ1) is 9.31. The van der Waals surface area contributed by atoms with Crippen LogP contribution in [0.2, 0.25) is 0 Å². The quantitative estimate of drug-likeness (QED) is 0.346. The number of amides is 1. The van der Waals surface area contributed by atoms with Gasteiger partial charge in [-0.1, -0.05) is 6.58 Å². The summed E-state index contributed by atoms with van der Waals surface area (Å²) in [4.78, 5) is 10.8. The smallest absolute Gasteiger partial charge is 0.243 e. The summed E-state index contributed by atoms with van der Waals surface area (Å²) < 4.78 is 15.9. The van der Waals surface area contributed by atoms with E-state index in [-0.39, 0.29) is 5.91 Å². The molecule has 19 heavy (non-hydrogen) atoms. The molecule has 0 aliphatic carbocycles. The first-order valence-electron chi connectivity index (χ1n) is 6.64. The Morgan fingerprint density at radius 2 is 1.53 bits per heavy atom. The molecule has 0 heterocycles. The average molecular weight is 274 g/mol. The van der Waals surface area contributed by atoms with Crippen molar-refractivity contribution in [1.29, 1.82) is 0 Å². The molecule has 0 aliphatic rings. The second-order valence-electron chi connectivity index (χ2n) is 3.83. The SMILES string of the molecule is C=CC(=O)NCCCOCCOCCOCCCN. The van der Waals surface area contributed by atoms with Gasteiger partial charge in [-0.25, -0.2) is 0 Å². The molecule has 0 aromatic heterocycles. The largest absolute Gasteiger partial charge is 0.379 e. The topological polar surface area (TPSA) is 82.8 Å². The van der Waals surface area contributed by atoms with E-state index >= 15 is 0 Å². The number of rotatable bonds is 14. The van der Waals surface area contributed by atoms with Crippen LogP contribution in [0, 0.1) is 0 Å². The predicted molar refractivity (Wildman–Crippen MR) is 74.0 cm³/mol. The van der Waals surface area contributed by atoms with Gasteiger partial charge < -0.3 is 25.3 Å². The van der Waals surface area contributed by atoms with Crippen LogP contribution in [0.15, 0.2) is 12.7 Å². The summed E-state index contributed by atoms with van der Waals surface area (Å²) in [6.45, 7) is 8.18. The Kier molecular flexibility index (Phi) is 14.4. The van der Waals surface area contributed by atoms with Crippen LogP contribution in [0.4, 0.5) is 0 Å². The second-order valence-corrected chi connectivity index (χ2v) is 3.83. The molecule has 0 rings (SSSR count). The number of carbonyl (C=O) groups excluding carboxylic acids is 1. The maximum absolute atomic E-state index is 10.8. The lowest BCUT2D eigenvalue weighted by Gasteiger charge is -2.06. The molecule has 0 saturated carbocycles. The molecule has 0 atom stereocenters. The van der Waals surface area contributed by atoms with E-state index in [0.29, 0.717) is 52.7 Å². The fourth-order valence-corrected chi connectivity index (χ4v) is 1.19. The number of nitrogens with one attached hydrogen (secondary N) is 1. The highest BCUT2D eigenvalue weighted by atomic mass is 16.5. The van der Waals surface area contributed by atoms with Gasteiger partial charge in [0.15, 0.2) is 0 Å². The van der Waals surface area contributed by atoms with Crippen LogP contribution < -0.4 is 11.1 Å². The van der Waals surface area contributed by atoms with Crippen molar-refractivity contribution in [3.05, 3.63) is 12.7 Å². The summed E-state index contributed by atoms with van der Waals surface area (Å²) in [5.74, 6) is -0.155. The van der Waals surface area contributed by atoms with Gasteiger partial charge in [-0.2, -0.15) is 0 Å². The molecule has 112 valence electrons. The number of nitrogens with two attached hydrogens (primary N) is 1. The summed E-state index contributed by atoms with van der Waals surface area (Å²) in [7, 11) is 0. The minimum absolute atomic E-state index is 0.155. The van der Waals surface area contributed by atoms with Crippen molar-refractivity contribution in [2.45, 2.75) is 12.8 Å². The van der Waals surface area contributed by atoms with Crippen LogP contribution in [0.25, 0.3) is 0 Å². The number of hydrogen-bond acceptors (Lipinski definition) is 5. The summed E-state index contributed by atoms with van der Waals surface area (Å²) in [5, 5.41) is 2.67. The molecule has 0 saturated heterocycles. The van der Waals surface area contributed by atoms with E-state index in [9.17, 15) is 4.79 Å². The highest BCUT2D eigenvalue weighted by Gasteiger charge is 1.94. The molecule has 0 aromatic rings. The summed E-state index contributed by atoms with van der Waals surface area (Å²) in [6, 6.07) is 0. The molecule has 0 spiro atoms. The average Bonchev–Trinajstić information content (AvgIpc) is 2.43.